The first-order valence-electron chi connectivity index (χ1n) is 2.93. The van der Waals surface area contributed by atoms with Gasteiger partial charge in [0.2, 0.25) is 0 Å². The molecule has 0 N–H and O–H groups in total. The first-order chi connectivity index (χ1) is 4.64. The van der Waals surface area contributed by atoms with E-state index in [1.54, 1.807) is 6.92 Å². The third-order valence-corrected chi connectivity index (χ3v) is 2.51. The second-order valence-corrected chi connectivity index (χ2v) is 3.78. The fraction of sp³-hybridized carbons (Fsp3) is 0.667. The third kappa shape index (κ3) is 1.72. The summed E-state index contributed by atoms with van der Waals surface area (Å²) in [5, 5.41) is 0. The second-order valence-electron chi connectivity index (χ2n) is 2.10. The molecule has 0 aliphatic carbocycles. The van der Waals surface area contributed by atoms with Gasteiger partial charge in [0.25, 0.3) is 10.1 Å². The van der Waals surface area contributed by atoms with Crippen LogP contribution < -0.4 is 0 Å². The number of rotatable bonds is 0. The molecule has 1 heterocycles. The van der Waals surface area contributed by atoms with E-state index in [9.17, 15) is 8.42 Å². The highest BCUT2D eigenvalue weighted by atomic mass is 32.2. The molecule has 1 aliphatic rings. The Morgan fingerprint density at radius 3 is 2.70 bits per heavy atom. The Hall–Kier alpha value is -0.530. The van der Waals surface area contributed by atoms with Crippen LogP contribution in [0, 0.1) is 17.8 Å². The largest absolute Gasteiger partial charge is 0.269 e. The predicted molar refractivity (Wildman–Crippen MR) is 36.7 cm³/mol. The van der Waals surface area contributed by atoms with Crippen molar-refractivity contribution in [3.05, 3.63) is 0 Å². The van der Waals surface area contributed by atoms with Crippen LogP contribution >= 0.6 is 0 Å². The molecular formula is C6H8O3S. The van der Waals surface area contributed by atoms with Gasteiger partial charge in [0, 0.05) is 0 Å². The van der Waals surface area contributed by atoms with Crippen LogP contribution in [0.5, 0.6) is 0 Å². The summed E-state index contributed by atoms with van der Waals surface area (Å²) in [6.45, 7) is 1.91. The summed E-state index contributed by atoms with van der Waals surface area (Å²) >= 11 is 0. The normalized spacial score (nSPS) is 29.1. The SMILES string of the molecule is CC#CC1COS(=O)(=O)C1. The average molecular weight is 160 g/mol. The number of hydrogen-bond acceptors (Lipinski definition) is 3. The standard InChI is InChI=1S/C6H8O3S/c1-2-3-6-4-9-10(7,8)5-6/h6H,4-5H2,1H3. The summed E-state index contributed by atoms with van der Waals surface area (Å²) < 4.78 is 25.7. The maximum absolute atomic E-state index is 10.6. The topological polar surface area (TPSA) is 43.4 Å². The minimum Gasteiger partial charge on any atom is -0.269 e. The molecule has 4 heteroatoms. The van der Waals surface area contributed by atoms with Crippen molar-refractivity contribution in [3.8, 4) is 11.8 Å². The van der Waals surface area contributed by atoms with Gasteiger partial charge in [-0.1, -0.05) is 5.92 Å². The lowest BCUT2D eigenvalue weighted by molar-refractivity contribution is 0.335. The Morgan fingerprint density at radius 1 is 1.60 bits per heavy atom. The molecule has 1 unspecified atom stereocenters. The molecule has 0 aromatic rings. The minimum atomic E-state index is -3.22. The Labute approximate surface area is 60.5 Å². The summed E-state index contributed by atoms with van der Waals surface area (Å²) in [4.78, 5) is 0. The lowest BCUT2D eigenvalue weighted by Crippen LogP contribution is -2.02. The van der Waals surface area contributed by atoms with Crippen LogP contribution in [0.25, 0.3) is 0 Å². The molecule has 3 nitrogen and oxygen atoms in total. The maximum Gasteiger partial charge on any atom is 0.268 e. The van der Waals surface area contributed by atoms with Crippen molar-refractivity contribution in [2.75, 3.05) is 12.4 Å². The lowest BCUT2D eigenvalue weighted by Gasteiger charge is -1.87. The first kappa shape index (κ1) is 7.58. The molecule has 0 aromatic carbocycles. The molecule has 10 heavy (non-hydrogen) atoms. The van der Waals surface area contributed by atoms with Crippen LogP contribution in [-0.2, 0) is 14.3 Å². The molecule has 0 aromatic heterocycles. The van der Waals surface area contributed by atoms with Crippen LogP contribution in [-0.4, -0.2) is 20.8 Å². The zero-order valence-electron chi connectivity index (χ0n) is 5.62. The van der Waals surface area contributed by atoms with Crippen LogP contribution in [0.3, 0.4) is 0 Å². The fourth-order valence-corrected chi connectivity index (χ4v) is 1.96. The van der Waals surface area contributed by atoms with E-state index in [1.165, 1.54) is 0 Å². The smallest absolute Gasteiger partial charge is 0.268 e. The van der Waals surface area contributed by atoms with Crippen molar-refractivity contribution in [2.24, 2.45) is 5.92 Å². The molecule has 1 saturated heterocycles. The van der Waals surface area contributed by atoms with E-state index in [0.29, 0.717) is 0 Å². The van der Waals surface area contributed by atoms with Crippen LogP contribution in [0.15, 0.2) is 0 Å². The number of hydrogen-bond donors (Lipinski definition) is 0. The monoisotopic (exact) mass is 160 g/mol. The van der Waals surface area contributed by atoms with Crippen molar-refractivity contribution in [2.45, 2.75) is 6.92 Å². The van der Waals surface area contributed by atoms with E-state index < -0.39 is 10.1 Å². The van der Waals surface area contributed by atoms with Crippen molar-refractivity contribution >= 4 is 10.1 Å². The average Bonchev–Trinajstić information content (AvgIpc) is 2.12. The molecule has 0 spiro atoms. The molecule has 1 rings (SSSR count). The third-order valence-electron chi connectivity index (χ3n) is 1.20. The van der Waals surface area contributed by atoms with E-state index in [1.807, 2.05) is 0 Å². The Balaban J connectivity index is 2.66. The summed E-state index contributed by atoms with van der Waals surface area (Å²) in [5.41, 5.74) is 0. The van der Waals surface area contributed by atoms with E-state index in [2.05, 4.69) is 16.0 Å². The van der Waals surface area contributed by atoms with Gasteiger partial charge in [0.1, 0.15) is 0 Å². The van der Waals surface area contributed by atoms with E-state index in [-0.39, 0.29) is 18.3 Å². The van der Waals surface area contributed by atoms with Crippen LogP contribution in [0.2, 0.25) is 0 Å². The van der Waals surface area contributed by atoms with Crippen LogP contribution in [0.1, 0.15) is 6.92 Å². The summed E-state index contributed by atoms with van der Waals surface area (Å²) in [7, 11) is -3.22. The van der Waals surface area contributed by atoms with Crippen molar-refractivity contribution in [1.29, 1.82) is 0 Å². The van der Waals surface area contributed by atoms with Gasteiger partial charge in [-0.3, -0.25) is 4.18 Å². The highest BCUT2D eigenvalue weighted by Crippen LogP contribution is 2.13. The molecule has 0 saturated carbocycles. The molecule has 0 bridgehead atoms. The fourth-order valence-electron chi connectivity index (χ4n) is 0.816. The summed E-state index contributed by atoms with van der Waals surface area (Å²) in [5.74, 6) is 5.33. The van der Waals surface area contributed by atoms with Crippen LogP contribution in [0.4, 0.5) is 0 Å². The highest BCUT2D eigenvalue weighted by molar-refractivity contribution is 7.86. The molecule has 1 atom stereocenters. The molecule has 0 radical (unpaired) electrons. The van der Waals surface area contributed by atoms with Gasteiger partial charge in [0.05, 0.1) is 18.3 Å². The van der Waals surface area contributed by atoms with Crippen molar-refractivity contribution in [3.63, 3.8) is 0 Å². The quantitative estimate of drug-likeness (QED) is 0.369. The Kier molecular flexibility index (Phi) is 1.97. The van der Waals surface area contributed by atoms with Gasteiger partial charge in [-0.15, -0.1) is 5.92 Å². The lowest BCUT2D eigenvalue weighted by atomic mass is 10.2. The zero-order chi connectivity index (χ0) is 7.61. The van der Waals surface area contributed by atoms with Gasteiger partial charge >= 0.3 is 0 Å². The molecular weight excluding hydrogens is 152 g/mol. The first-order valence-corrected chi connectivity index (χ1v) is 4.51. The Bertz CT molecular complexity index is 267. The van der Waals surface area contributed by atoms with Gasteiger partial charge in [-0.05, 0) is 6.92 Å². The Morgan fingerprint density at radius 2 is 2.30 bits per heavy atom. The zero-order valence-corrected chi connectivity index (χ0v) is 6.44. The van der Waals surface area contributed by atoms with Crippen molar-refractivity contribution < 1.29 is 12.6 Å². The highest BCUT2D eigenvalue weighted by Gasteiger charge is 2.27. The van der Waals surface area contributed by atoms with Gasteiger partial charge in [-0.2, -0.15) is 8.42 Å². The predicted octanol–water partition coefficient (Wildman–Crippen LogP) is -0.0141. The molecule has 56 valence electrons. The van der Waals surface area contributed by atoms with E-state index in [0.717, 1.165) is 0 Å². The second kappa shape index (κ2) is 2.60. The summed E-state index contributed by atoms with van der Waals surface area (Å²) in [6.07, 6.45) is 0. The van der Waals surface area contributed by atoms with Gasteiger partial charge < -0.3 is 0 Å². The maximum atomic E-state index is 10.6. The van der Waals surface area contributed by atoms with Gasteiger partial charge in [0.15, 0.2) is 0 Å². The van der Waals surface area contributed by atoms with E-state index in [4.69, 9.17) is 0 Å². The minimum absolute atomic E-state index is 0.0494. The molecule has 0 amide bonds. The molecule has 1 fully saturated rings. The van der Waals surface area contributed by atoms with E-state index >= 15 is 0 Å². The van der Waals surface area contributed by atoms with Crippen molar-refractivity contribution in [1.82, 2.24) is 0 Å². The summed E-state index contributed by atoms with van der Waals surface area (Å²) in [6, 6.07) is 0. The molecule has 1 aliphatic heterocycles. The van der Waals surface area contributed by atoms with Gasteiger partial charge in [-0.25, -0.2) is 0 Å².